The Balaban J connectivity index is 2.31. The smallest absolute Gasteiger partial charge is 0.410 e. The lowest BCUT2D eigenvalue weighted by Crippen LogP contribution is -2.45. The van der Waals surface area contributed by atoms with Crippen LogP contribution in [-0.4, -0.2) is 66.4 Å². The van der Waals surface area contributed by atoms with Crippen LogP contribution >= 0.6 is 0 Å². The Labute approximate surface area is 151 Å². The summed E-state index contributed by atoms with van der Waals surface area (Å²) >= 11 is 0. The molecule has 2 unspecified atom stereocenters. The molecule has 1 fully saturated rings. The van der Waals surface area contributed by atoms with Gasteiger partial charge in [-0.3, -0.25) is 4.79 Å². The van der Waals surface area contributed by atoms with Gasteiger partial charge in [-0.2, -0.15) is 0 Å². The predicted octanol–water partition coefficient (Wildman–Crippen LogP) is 1.50. The van der Waals surface area contributed by atoms with E-state index in [9.17, 15) is 14.7 Å². The maximum Gasteiger partial charge on any atom is 0.410 e. The van der Waals surface area contributed by atoms with Crippen LogP contribution in [0, 0.1) is 5.92 Å². The second kappa shape index (κ2) is 9.97. The van der Waals surface area contributed by atoms with Crippen LogP contribution in [0.1, 0.15) is 53.4 Å². The summed E-state index contributed by atoms with van der Waals surface area (Å²) in [4.78, 5) is 25.7. The van der Waals surface area contributed by atoms with Crippen LogP contribution in [0.5, 0.6) is 0 Å². The molecule has 2 amide bonds. The highest BCUT2D eigenvalue weighted by Crippen LogP contribution is 2.13. The van der Waals surface area contributed by atoms with Crippen molar-refractivity contribution in [2.45, 2.75) is 71.1 Å². The number of amides is 2. The molecule has 3 N–H and O–H groups in total. The fraction of sp³-hybridized carbons (Fsp3) is 0.889. The zero-order chi connectivity index (χ0) is 19.0. The number of nitrogens with zero attached hydrogens (tertiary/aromatic N) is 1. The Morgan fingerprint density at radius 1 is 1.40 bits per heavy atom. The molecule has 0 radical (unpaired) electrons. The van der Waals surface area contributed by atoms with E-state index in [0.29, 0.717) is 19.5 Å². The summed E-state index contributed by atoms with van der Waals surface area (Å²) in [7, 11) is 1.70. The minimum absolute atomic E-state index is 0.0432. The van der Waals surface area contributed by atoms with Gasteiger partial charge < -0.3 is 25.4 Å². The van der Waals surface area contributed by atoms with Crippen molar-refractivity contribution in [2.75, 3.05) is 26.7 Å². The molecular formula is C18H35N3O4. The third kappa shape index (κ3) is 9.07. The second-order valence-corrected chi connectivity index (χ2v) is 8.09. The summed E-state index contributed by atoms with van der Waals surface area (Å²) in [5.74, 6) is 0.101. The van der Waals surface area contributed by atoms with Gasteiger partial charge in [0.2, 0.25) is 5.91 Å². The van der Waals surface area contributed by atoms with Gasteiger partial charge >= 0.3 is 6.09 Å². The Bertz CT molecular complexity index is 437. The van der Waals surface area contributed by atoms with Crippen molar-refractivity contribution in [2.24, 2.45) is 5.92 Å². The minimum Gasteiger partial charge on any atom is -0.444 e. The largest absolute Gasteiger partial charge is 0.444 e. The first-order valence-corrected chi connectivity index (χ1v) is 9.20. The number of rotatable bonds is 6. The van der Waals surface area contributed by atoms with Gasteiger partial charge in [-0.25, -0.2) is 4.79 Å². The van der Waals surface area contributed by atoms with E-state index in [-0.39, 0.29) is 24.0 Å². The molecule has 0 aromatic rings. The zero-order valence-electron chi connectivity index (χ0n) is 16.3. The highest BCUT2D eigenvalue weighted by Gasteiger charge is 2.24. The van der Waals surface area contributed by atoms with Crippen molar-refractivity contribution >= 4 is 12.0 Å². The molecule has 0 saturated carbocycles. The first-order chi connectivity index (χ1) is 11.6. The molecule has 3 atom stereocenters. The van der Waals surface area contributed by atoms with Crippen molar-refractivity contribution in [3.63, 3.8) is 0 Å². The summed E-state index contributed by atoms with van der Waals surface area (Å²) in [6, 6.07) is -0.181. The molecule has 25 heavy (non-hydrogen) atoms. The number of nitrogens with one attached hydrogen (secondary N) is 2. The van der Waals surface area contributed by atoms with Gasteiger partial charge in [0.05, 0.1) is 12.1 Å². The molecule has 146 valence electrons. The molecule has 0 aromatic heterocycles. The summed E-state index contributed by atoms with van der Waals surface area (Å²) in [6.07, 6.45) is 1.95. The van der Waals surface area contributed by atoms with E-state index < -0.39 is 11.7 Å². The summed E-state index contributed by atoms with van der Waals surface area (Å²) < 4.78 is 5.31. The molecule has 7 heteroatoms. The lowest BCUT2D eigenvalue weighted by molar-refractivity contribution is -0.123. The van der Waals surface area contributed by atoms with Gasteiger partial charge in [0.25, 0.3) is 0 Å². The number of hydrogen-bond donors (Lipinski definition) is 3. The van der Waals surface area contributed by atoms with Crippen LogP contribution in [0.25, 0.3) is 0 Å². The van der Waals surface area contributed by atoms with E-state index in [0.717, 1.165) is 25.8 Å². The fourth-order valence-electron chi connectivity index (χ4n) is 2.73. The molecule has 1 saturated heterocycles. The average molecular weight is 357 g/mol. The number of carbonyl (C=O) groups excluding carboxylic acids is 2. The van der Waals surface area contributed by atoms with Crippen molar-refractivity contribution < 1.29 is 19.4 Å². The van der Waals surface area contributed by atoms with E-state index in [1.165, 1.54) is 0 Å². The summed E-state index contributed by atoms with van der Waals surface area (Å²) in [6.45, 7) is 9.43. The molecule has 0 spiro atoms. The van der Waals surface area contributed by atoms with Crippen LogP contribution in [0.2, 0.25) is 0 Å². The molecule has 0 bridgehead atoms. The van der Waals surface area contributed by atoms with Crippen LogP contribution in [0.3, 0.4) is 0 Å². The summed E-state index contributed by atoms with van der Waals surface area (Å²) in [5.41, 5.74) is -0.509. The third-order valence-corrected chi connectivity index (χ3v) is 4.23. The Morgan fingerprint density at radius 3 is 2.72 bits per heavy atom. The molecule has 1 rings (SSSR count). The van der Waals surface area contributed by atoms with Gasteiger partial charge in [0.1, 0.15) is 5.60 Å². The number of ether oxygens (including phenoxy) is 1. The average Bonchev–Trinajstić information content (AvgIpc) is 2.68. The van der Waals surface area contributed by atoms with Crippen LogP contribution < -0.4 is 10.6 Å². The SMILES string of the molecule is C[C@@H](CCN(C)C(=O)OC(C)(C)C)CC(=O)NC1CCCNCC1O. The van der Waals surface area contributed by atoms with E-state index in [1.807, 2.05) is 27.7 Å². The van der Waals surface area contributed by atoms with Crippen molar-refractivity contribution in [1.82, 2.24) is 15.5 Å². The van der Waals surface area contributed by atoms with Gasteiger partial charge in [-0.1, -0.05) is 6.92 Å². The first-order valence-electron chi connectivity index (χ1n) is 9.20. The van der Waals surface area contributed by atoms with Gasteiger partial charge in [-0.15, -0.1) is 0 Å². The Kier molecular flexibility index (Phi) is 8.65. The molecule has 1 aliphatic heterocycles. The number of aliphatic hydroxyl groups is 1. The third-order valence-electron chi connectivity index (χ3n) is 4.23. The van der Waals surface area contributed by atoms with E-state index in [2.05, 4.69) is 10.6 Å². The number of hydrogen-bond acceptors (Lipinski definition) is 5. The summed E-state index contributed by atoms with van der Waals surface area (Å²) in [5, 5.41) is 16.1. The number of carbonyl (C=O) groups is 2. The molecule has 0 aromatic carbocycles. The van der Waals surface area contributed by atoms with E-state index in [4.69, 9.17) is 4.74 Å². The molecule has 0 aliphatic carbocycles. The molecule has 7 nitrogen and oxygen atoms in total. The lowest BCUT2D eigenvalue weighted by atomic mass is 10.0. The standard InChI is InChI=1S/C18H35N3O4/c1-13(8-10-21(5)17(24)25-18(2,3)4)11-16(23)20-14-7-6-9-19-12-15(14)22/h13-15,19,22H,6-12H2,1-5H3,(H,20,23)/t13-,14?,15?/m0/s1. The predicted molar refractivity (Wildman–Crippen MR) is 97.3 cm³/mol. The molecule has 1 aliphatic rings. The van der Waals surface area contributed by atoms with Gasteiger partial charge in [-0.05, 0) is 52.5 Å². The monoisotopic (exact) mass is 357 g/mol. The maximum atomic E-state index is 12.2. The second-order valence-electron chi connectivity index (χ2n) is 8.09. The van der Waals surface area contributed by atoms with Crippen molar-refractivity contribution in [3.8, 4) is 0 Å². The van der Waals surface area contributed by atoms with E-state index in [1.54, 1.807) is 11.9 Å². The normalized spacial score (nSPS) is 22.6. The maximum absolute atomic E-state index is 12.2. The topological polar surface area (TPSA) is 90.9 Å². The van der Waals surface area contributed by atoms with Crippen LogP contribution in [0.15, 0.2) is 0 Å². The van der Waals surface area contributed by atoms with E-state index >= 15 is 0 Å². The first kappa shape index (κ1) is 21.7. The van der Waals surface area contributed by atoms with Crippen molar-refractivity contribution in [1.29, 1.82) is 0 Å². The Morgan fingerprint density at radius 2 is 2.08 bits per heavy atom. The quantitative estimate of drug-likeness (QED) is 0.670. The minimum atomic E-state index is -0.542. The highest BCUT2D eigenvalue weighted by molar-refractivity contribution is 5.76. The van der Waals surface area contributed by atoms with Crippen LogP contribution in [0.4, 0.5) is 4.79 Å². The zero-order valence-corrected chi connectivity index (χ0v) is 16.3. The number of aliphatic hydroxyl groups excluding tert-OH is 1. The van der Waals surface area contributed by atoms with Crippen molar-refractivity contribution in [3.05, 3.63) is 0 Å². The Hall–Kier alpha value is -1.34. The fourth-order valence-corrected chi connectivity index (χ4v) is 2.73. The van der Waals surface area contributed by atoms with Gasteiger partial charge in [0.15, 0.2) is 0 Å². The molecular weight excluding hydrogens is 322 g/mol. The van der Waals surface area contributed by atoms with Gasteiger partial charge in [0, 0.05) is 26.6 Å². The molecule has 1 heterocycles. The number of β-amino-alcohol motifs (C(OH)–C–C–N with tert-alkyl or cyclic N) is 1. The lowest BCUT2D eigenvalue weighted by Gasteiger charge is -2.25. The van der Waals surface area contributed by atoms with Crippen LogP contribution in [-0.2, 0) is 9.53 Å². The highest BCUT2D eigenvalue weighted by atomic mass is 16.6.